The molecule has 2 aromatic carbocycles. The number of rotatable bonds is 6. The molecule has 1 aliphatic heterocycles. The number of fused-ring (bicyclic) bond motifs is 1. The predicted molar refractivity (Wildman–Crippen MR) is 155 cm³/mol. The minimum Gasteiger partial charge on any atom is -0.491 e. The zero-order chi connectivity index (χ0) is 31.0. The minimum atomic E-state index is -1.23. The van der Waals surface area contributed by atoms with Crippen molar-refractivity contribution in [2.75, 3.05) is 13.2 Å². The predicted octanol–water partition coefficient (Wildman–Crippen LogP) is 2.20. The van der Waals surface area contributed by atoms with Gasteiger partial charge in [-0.25, -0.2) is 4.39 Å². The monoisotopic (exact) mass is 584 g/mol. The lowest BCUT2D eigenvalue weighted by Gasteiger charge is -2.27. The second kappa shape index (κ2) is 14.3. The maximum absolute atomic E-state index is 13.4. The molecule has 0 saturated heterocycles. The summed E-state index contributed by atoms with van der Waals surface area (Å²) in [6, 6.07) is 9.73. The molecule has 11 heteroatoms. The Kier molecular flexibility index (Phi) is 11.0. The van der Waals surface area contributed by atoms with Crippen LogP contribution in [0.3, 0.4) is 0 Å². The van der Waals surface area contributed by atoms with E-state index in [0.29, 0.717) is 0 Å². The van der Waals surface area contributed by atoms with Crippen molar-refractivity contribution in [1.82, 2.24) is 21.3 Å². The molecule has 228 valence electrons. The van der Waals surface area contributed by atoms with E-state index in [1.54, 1.807) is 36.4 Å². The van der Waals surface area contributed by atoms with E-state index in [-0.39, 0.29) is 49.0 Å². The van der Waals surface area contributed by atoms with Crippen LogP contribution in [0.2, 0.25) is 0 Å². The van der Waals surface area contributed by atoms with Crippen LogP contribution in [-0.4, -0.2) is 66.1 Å². The Morgan fingerprint density at radius 3 is 2.36 bits per heavy atom. The van der Waals surface area contributed by atoms with Gasteiger partial charge in [-0.2, -0.15) is 0 Å². The molecule has 0 aromatic heterocycles. The summed E-state index contributed by atoms with van der Waals surface area (Å²) in [5.74, 6) is -2.39. The smallest absolute Gasteiger partial charge is 0.255 e. The molecule has 42 heavy (non-hydrogen) atoms. The normalized spacial score (nSPS) is 21.4. The molecular weight excluding hydrogens is 543 g/mol. The van der Waals surface area contributed by atoms with E-state index in [4.69, 9.17) is 4.74 Å². The Balaban J connectivity index is 1.87. The minimum absolute atomic E-state index is 0.0244. The molecule has 0 unspecified atom stereocenters. The average molecular weight is 585 g/mol. The van der Waals surface area contributed by atoms with Gasteiger partial charge in [-0.05, 0) is 49.1 Å². The summed E-state index contributed by atoms with van der Waals surface area (Å²) in [6.45, 7) is 9.15. The third kappa shape index (κ3) is 8.75. The molecule has 0 fully saturated rings. The Labute approximate surface area is 245 Å². The molecule has 3 rings (SSSR count). The van der Waals surface area contributed by atoms with Crippen molar-refractivity contribution in [2.24, 2.45) is 5.92 Å². The van der Waals surface area contributed by atoms with Gasteiger partial charge in [0.05, 0.1) is 17.7 Å². The van der Waals surface area contributed by atoms with E-state index in [9.17, 15) is 28.7 Å². The van der Waals surface area contributed by atoms with Gasteiger partial charge in [0.15, 0.2) is 0 Å². The van der Waals surface area contributed by atoms with Crippen LogP contribution in [0.5, 0.6) is 5.75 Å². The van der Waals surface area contributed by atoms with Gasteiger partial charge in [0.2, 0.25) is 17.7 Å². The number of carbonyl (C=O) groups is 4. The number of para-hydroxylation sites is 1. The Bertz CT molecular complexity index is 1260. The number of halogens is 1. The summed E-state index contributed by atoms with van der Waals surface area (Å²) < 4.78 is 19.4. The lowest BCUT2D eigenvalue weighted by molar-refractivity contribution is -0.132. The van der Waals surface area contributed by atoms with Gasteiger partial charge in [-0.1, -0.05) is 52.0 Å². The van der Waals surface area contributed by atoms with Crippen molar-refractivity contribution in [1.29, 1.82) is 0 Å². The lowest BCUT2D eigenvalue weighted by Crippen LogP contribution is -2.56. The molecule has 0 bridgehead atoms. The van der Waals surface area contributed by atoms with Gasteiger partial charge in [0, 0.05) is 18.4 Å². The van der Waals surface area contributed by atoms with E-state index in [1.165, 1.54) is 19.1 Å². The quantitative estimate of drug-likeness (QED) is 0.352. The lowest BCUT2D eigenvalue weighted by atomic mass is 9.84. The Morgan fingerprint density at radius 2 is 1.71 bits per heavy atom. The number of ether oxygens (including phenoxy) is 1. The van der Waals surface area contributed by atoms with Crippen molar-refractivity contribution in [3.05, 3.63) is 65.5 Å². The van der Waals surface area contributed by atoms with Gasteiger partial charge in [0.1, 0.15) is 30.3 Å². The fourth-order valence-electron chi connectivity index (χ4n) is 4.50. The second-order valence-corrected chi connectivity index (χ2v) is 11.6. The van der Waals surface area contributed by atoms with Crippen LogP contribution in [0.15, 0.2) is 48.5 Å². The highest BCUT2D eigenvalue weighted by molar-refractivity contribution is 6.00. The highest BCUT2D eigenvalue weighted by Gasteiger charge is 2.31. The summed E-state index contributed by atoms with van der Waals surface area (Å²) in [5.41, 5.74) is 0.440. The van der Waals surface area contributed by atoms with Crippen LogP contribution in [0.1, 0.15) is 63.4 Å². The summed E-state index contributed by atoms with van der Waals surface area (Å²) in [6.07, 6.45) is -1.47. The number of amides is 4. The van der Waals surface area contributed by atoms with E-state index in [1.807, 2.05) is 27.7 Å². The van der Waals surface area contributed by atoms with E-state index >= 15 is 0 Å². The summed E-state index contributed by atoms with van der Waals surface area (Å²) in [4.78, 5) is 52.7. The van der Waals surface area contributed by atoms with Crippen LogP contribution in [0, 0.1) is 11.7 Å². The van der Waals surface area contributed by atoms with Gasteiger partial charge < -0.3 is 31.1 Å². The average Bonchev–Trinajstić information content (AvgIpc) is 2.94. The summed E-state index contributed by atoms with van der Waals surface area (Å²) in [5, 5.41) is 21.2. The fraction of sp³-hybridized carbons (Fsp3) is 0.484. The van der Waals surface area contributed by atoms with Crippen LogP contribution >= 0.6 is 0 Å². The molecule has 4 atom stereocenters. The maximum atomic E-state index is 13.4. The largest absolute Gasteiger partial charge is 0.491 e. The molecule has 5 N–H and O–H groups in total. The van der Waals surface area contributed by atoms with Gasteiger partial charge >= 0.3 is 0 Å². The summed E-state index contributed by atoms with van der Waals surface area (Å²) in [7, 11) is 0. The number of nitrogens with one attached hydrogen (secondary N) is 4. The molecule has 2 aromatic rings. The first-order valence-electron chi connectivity index (χ1n) is 14.1. The first-order valence-corrected chi connectivity index (χ1v) is 14.1. The van der Waals surface area contributed by atoms with Crippen molar-refractivity contribution in [3.8, 4) is 5.75 Å². The summed E-state index contributed by atoms with van der Waals surface area (Å²) >= 11 is 0. The number of aliphatic hydroxyl groups is 1. The molecule has 1 heterocycles. The third-order valence-corrected chi connectivity index (χ3v) is 7.38. The van der Waals surface area contributed by atoms with Crippen molar-refractivity contribution < 1.29 is 33.4 Å². The molecule has 10 nitrogen and oxygen atoms in total. The van der Waals surface area contributed by atoms with E-state index in [2.05, 4.69) is 21.3 Å². The highest BCUT2D eigenvalue weighted by Crippen LogP contribution is 2.23. The molecule has 4 amide bonds. The fourth-order valence-corrected chi connectivity index (χ4v) is 4.50. The highest BCUT2D eigenvalue weighted by atomic mass is 19.1. The maximum Gasteiger partial charge on any atom is 0.255 e. The Morgan fingerprint density at radius 1 is 1.05 bits per heavy atom. The van der Waals surface area contributed by atoms with Crippen molar-refractivity contribution >= 4 is 23.6 Å². The first-order chi connectivity index (χ1) is 19.8. The number of benzene rings is 2. The number of aliphatic hydroxyl groups excluding tert-OH is 1. The Hall–Kier alpha value is -3.99. The SMILES string of the molecule is CC(C)[C@H]1COc2ccccc2C(=O)N[C@H](C(=O)NCC(C)(C)c2ccc(F)cc2)CCC(=O)N[C@@H]([C@@H](C)O)C(=O)N1. The first kappa shape index (κ1) is 32.5. The van der Waals surface area contributed by atoms with Gasteiger partial charge in [0.25, 0.3) is 5.91 Å². The molecule has 0 spiro atoms. The molecule has 0 radical (unpaired) electrons. The number of hydrogen-bond donors (Lipinski definition) is 5. The van der Waals surface area contributed by atoms with Crippen LogP contribution in [0.25, 0.3) is 0 Å². The second-order valence-electron chi connectivity index (χ2n) is 11.6. The number of hydrogen-bond acceptors (Lipinski definition) is 6. The standard InChI is InChI=1S/C31H41FN4O6/c1-18(2)24-16-42-25-9-7-6-8-22(25)28(39)34-23(14-15-26(38)36-27(19(3)37)30(41)35-24)29(40)33-17-31(4,5)20-10-12-21(32)13-11-20/h6-13,18-19,23-24,27,37H,14-17H2,1-5H3,(H,33,40)(H,34,39)(H,35,41)(H,36,38)/t19-,23+,24-,27+/m1/s1. The van der Waals surface area contributed by atoms with Gasteiger partial charge in [-0.15, -0.1) is 0 Å². The molecular formula is C31H41FN4O6. The molecule has 0 saturated carbocycles. The van der Waals surface area contributed by atoms with Crippen LogP contribution in [-0.2, 0) is 19.8 Å². The van der Waals surface area contributed by atoms with E-state index in [0.717, 1.165) is 5.56 Å². The zero-order valence-electron chi connectivity index (χ0n) is 24.7. The van der Waals surface area contributed by atoms with Crippen molar-refractivity contribution in [2.45, 2.75) is 77.1 Å². The zero-order valence-corrected chi connectivity index (χ0v) is 24.7. The van der Waals surface area contributed by atoms with Crippen molar-refractivity contribution in [3.63, 3.8) is 0 Å². The topological polar surface area (TPSA) is 146 Å². The number of carbonyl (C=O) groups excluding carboxylic acids is 4. The van der Waals surface area contributed by atoms with Gasteiger partial charge in [-0.3, -0.25) is 19.2 Å². The van der Waals surface area contributed by atoms with E-state index < -0.39 is 53.3 Å². The van der Waals surface area contributed by atoms with Crippen LogP contribution in [0.4, 0.5) is 4.39 Å². The molecule has 1 aliphatic rings. The van der Waals surface area contributed by atoms with Crippen LogP contribution < -0.4 is 26.0 Å². The third-order valence-electron chi connectivity index (χ3n) is 7.38. The molecule has 0 aliphatic carbocycles.